The molecule has 0 aromatic carbocycles. The van der Waals surface area contributed by atoms with Gasteiger partial charge in [0.1, 0.15) is 13.2 Å². The summed E-state index contributed by atoms with van der Waals surface area (Å²) < 4.78 is 28.2. The lowest BCUT2D eigenvalue weighted by atomic mass is 9.98. The van der Waals surface area contributed by atoms with Crippen LogP contribution in [0.15, 0.2) is 34.8 Å². The fourth-order valence-electron chi connectivity index (χ4n) is 3.02. The van der Waals surface area contributed by atoms with Gasteiger partial charge in [0.25, 0.3) is 5.56 Å². The highest BCUT2D eigenvalue weighted by Gasteiger charge is 2.45. The molecule has 0 unspecified atom stereocenters. The largest absolute Gasteiger partial charge is 0.334 e. The van der Waals surface area contributed by atoms with Gasteiger partial charge in [-0.1, -0.05) is 0 Å². The number of rotatable bonds is 4. The minimum atomic E-state index is -1.96. The van der Waals surface area contributed by atoms with Crippen LogP contribution in [0.1, 0.15) is 0 Å². The fourth-order valence-corrected chi connectivity index (χ4v) is 4.07. The van der Waals surface area contributed by atoms with Crippen molar-refractivity contribution in [2.75, 3.05) is 19.8 Å². The molecule has 0 bridgehead atoms. The molecule has 1 aliphatic heterocycles. The maximum Gasteiger partial charge on any atom is 0.260 e. The number of pyridine rings is 1. The van der Waals surface area contributed by atoms with Crippen LogP contribution < -0.4 is 5.56 Å². The summed E-state index contributed by atoms with van der Waals surface area (Å²) in [7, 11) is 0. The fraction of sp³-hybridized carbons (Fsp3) is 0.294. The normalized spacial score (nSPS) is 15.7. The summed E-state index contributed by atoms with van der Waals surface area (Å²) >= 11 is 7.10. The Hall–Kier alpha value is -2.39. The molecule has 4 rings (SSSR count). The smallest absolute Gasteiger partial charge is 0.260 e. The predicted molar refractivity (Wildman–Crippen MR) is 98.5 cm³/mol. The monoisotopic (exact) mass is 410 g/mol. The molecule has 27 heavy (non-hydrogen) atoms. The Morgan fingerprint density at radius 3 is 2.70 bits per heavy atom. The van der Waals surface area contributed by atoms with Gasteiger partial charge in [0.05, 0.1) is 18.5 Å². The Labute approximate surface area is 161 Å². The van der Waals surface area contributed by atoms with E-state index in [9.17, 15) is 18.4 Å². The highest BCUT2D eigenvalue weighted by atomic mass is 35.5. The standard InChI is InChI=1S/C17H13ClF2N4O2S/c18-16-21-3-10(4-22-16)11-6-27-12-1-2-23(15(26)14(11)12)5-13(25)24-8-17(20,7-19)9-24/h1-4,6H,5,7-9H2. The van der Waals surface area contributed by atoms with Crippen LogP contribution in [0.4, 0.5) is 8.78 Å². The second kappa shape index (κ2) is 6.65. The predicted octanol–water partition coefficient (Wildman–Crippen LogP) is 2.69. The number of carbonyl (C=O) groups is 1. The lowest BCUT2D eigenvalue weighted by Crippen LogP contribution is -2.62. The Bertz CT molecular complexity index is 1080. The maximum atomic E-state index is 13.6. The van der Waals surface area contributed by atoms with Crippen LogP contribution in [0.5, 0.6) is 0 Å². The molecule has 10 heteroatoms. The van der Waals surface area contributed by atoms with Gasteiger partial charge >= 0.3 is 0 Å². The number of hydrogen-bond acceptors (Lipinski definition) is 5. The van der Waals surface area contributed by atoms with E-state index in [1.54, 1.807) is 6.07 Å². The van der Waals surface area contributed by atoms with Gasteiger partial charge in [-0.3, -0.25) is 9.59 Å². The number of aromatic nitrogens is 3. The molecule has 4 heterocycles. The van der Waals surface area contributed by atoms with Crippen LogP contribution in [0.2, 0.25) is 5.28 Å². The summed E-state index contributed by atoms with van der Waals surface area (Å²) in [6, 6.07) is 1.74. The van der Waals surface area contributed by atoms with Crippen molar-refractivity contribution in [3.05, 3.63) is 45.7 Å². The first-order valence-electron chi connectivity index (χ1n) is 8.01. The average Bonchev–Trinajstić information content (AvgIpc) is 3.06. The van der Waals surface area contributed by atoms with Crippen molar-refractivity contribution in [3.8, 4) is 11.1 Å². The molecule has 1 amide bonds. The van der Waals surface area contributed by atoms with Crippen molar-refractivity contribution in [2.24, 2.45) is 0 Å². The van der Waals surface area contributed by atoms with E-state index in [4.69, 9.17) is 11.6 Å². The first kappa shape index (κ1) is 18.0. The van der Waals surface area contributed by atoms with E-state index in [0.717, 1.165) is 4.70 Å². The van der Waals surface area contributed by atoms with Crippen LogP contribution in [-0.2, 0) is 11.3 Å². The molecule has 1 saturated heterocycles. The molecule has 3 aromatic rings. The SMILES string of the molecule is O=C(Cn1ccc2scc(-c3cnc(Cl)nc3)c2c1=O)N1CC(F)(CF)C1. The number of fused-ring (bicyclic) bond motifs is 1. The third-order valence-electron chi connectivity index (χ3n) is 4.48. The molecule has 140 valence electrons. The third-order valence-corrected chi connectivity index (χ3v) is 5.62. The van der Waals surface area contributed by atoms with E-state index >= 15 is 0 Å². The summed E-state index contributed by atoms with van der Waals surface area (Å²) in [5.74, 6) is -0.426. The van der Waals surface area contributed by atoms with Crippen molar-refractivity contribution in [1.29, 1.82) is 0 Å². The molecule has 3 aromatic heterocycles. The topological polar surface area (TPSA) is 68.1 Å². The zero-order valence-corrected chi connectivity index (χ0v) is 15.4. The van der Waals surface area contributed by atoms with Gasteiger partial charge in [-0.25, -0.2) is 18.7 Å². The van der Waals surface area contributed by atoms with Crippen LogP contribution >= 0.6 is 22.9 Å². The Morgan fingerprint density at radius 2 is 2.04 bits per heavy atom. The quantitative estimate of drug-likeness (QED) is 0.620. The van der Waals surface area contributed by atoms with E-state index in [2.05, 4.69) is 9.97 Å². The first-order chi connectivity index (χ1) is 12.9. The van der Waals surface area contributed by atoms with E-state index in [0.29, 0.717) is 16.5 Å². The second-order valence-electron chi connectivity index (χ2n) is 6.41. The van der Waals surface area contributed by atoms with Gasteiger partial charge in [-0.2, -0.15) is 0 Å². The molecular formula is C17H13ClF2N4O2S. The number of halogens is 3. The molecule has 6 nitrogen and oxygen atoms in total. The van der Waals surface area contributed by atoms with Crippen molar-refractivity contribution < 1.29 is 13.6 Å². The third kappa shape index (κ3) is 3.21. The zero-order chi connectivity index (χ0) is 19.2. The van der Waals surface area contributed by atoms with Gasteiger partial charge in [0.15, 0.2) is 5.67 Å². The number of amides is 1. The van der Waals surface area contributed by atoms with Crippen LogP contribution in [0, 0.1) is 0 Å². The molecule has 0 aliphatic carbocycles. The van der Waals surface area contributed by atoms with Crippen molar-refractivity contribution in [3.63, 3.8) is 0 Å². The van der Waals surface area contributed by atoms with E-state index in [1.165, 1.54) is 39.4 Å². The lowest BCUT2D eigenvalue weighted by Gasteiger charge is -2.42. The zero-order valence-electron chi connectivity index (χ0n) is 13.9. The Kier molecular flexibility index (Phi) is 4.43. The second-order valence-corrected chi connectivity index (χ2v) is 7.66. The minimum Gasteiger partial charge on any atom is -0.334 e. The molecule has 0 radical (unpaired) electrons. The number of nitrogens with zero attached hydrogens (tertiary/aromatic N) is 4. The highest BCUT2D eigenvalue weighted by Crippen LogP contribution is 2.31. The summed E-state index contributed by atoms with van der Waals surface area (Å²) in [6.07, 6.45) is 4.58. The van der Waals surface area contributed by atoms with E-state index < -0.39 is 18.3 Å². The van der Waals surface area contributed by atoms with Gasteiger partial charge < -0.3 is 9.47 Å². The van der Waals surface area contributed by atoms with Gasteiger partial charge in [-0.05, 0) is 17.7 Å². The molecule has 1 fully saturated rings. The molecule has 1 aliphatic rings. The number of carbonyl (C=O) groups excluding carboxylic acids is 1. The Balaban J connectivity index is 1.64. The number of hydrogen-bond donors (Lipinski definition) is 0. The number of alkyl halides is 2. The number of likely N-dealkylation sites (tertiary alicyclic amines) is 1. The molecule has 0 saturated carbocycles. The Morgan fingerprint density at radius 1 is 1.33 bits per heavy atom. The van der Waals surface area contributed by atoms with Gasteiger partial charge in [-0.15, -0.1) is 11.3 Å². The van der Waals surface area contributed by atoms with Crippen LogP contribution in [0.3, 0.4) is 0 Å². The average molecular weight is 411 g/mol. The van der Waals surface area contributed by atoms with Crippen LogP contribution in [-0.4, -0.2) is 50.8 Å². The molecule has 0 spiro atoms. The maximum absolute atomic E-state index is 13.6. The first-order valence-corrected chi connectivity index (χ1v) is 9.27. The molecule has 0 atom stereocenters. The van der Waals surface area contributed by atoms with E-state index in [-0.39, 0.29) is 30.5 Å². The van der Waals surface area contributed by atoms with E-state index in [1.807, 2.05) is 5.38 Å². The molecule has 0 N–H and O–H groups in total. The van der Waals surface area contributed by atoms with Gasteiger partial charge in [0.2, 0.25) is 11.2 Å². The van der Waals surface area contributed by atoms with Crippen molar-refractivity contribution in [2.45, 2.75) is 12.2 Å². The minimum absolute atomic E-state index is 0.105. The van der Waals surface area contributed by atoms with Gasteiger partial charge in [0, 0.05) is 39.8 Å². The lowest BCUT2D eigenvalue weighted by molar-refractivity contribution is -0.147. The van der Waals surface area contributed by atoms with Crippen LogP contribution in [0.25, 0.3) is 21.2 Å². The molecular weight excluding hydrogens is 398 g/mol. The van der Waals surface area contributed by atoms with Crippen molar-refractivity contribution in [1.82, 2.24) is 19.4 Å². The summed E-state index contributed by atoms with van der Waals surface area (Å²) in [6.45, 7) is -1.93. The number of thiophene rings is 1. The van der Waals surface area contributed by atoms with Crippen molar-refractivity contribution >= 4 is 38.9 Å². The summed E-state index contributed by atoms with van der Waals surface area (Å²) in [4.78, 5) is 34.2. The summed E-state index contributed by atoms with van der Waals surface area (Å²) in [5, 5.41) is 2.38. The summed E-state index contributed by atoms with van der Waals surface area (Å²) in [5.41, 5.74) is -1.01. The highest BCUT2D eigenvalue weighted by molar-refractivity contribution is 7.17.